The number of nitrogens with two attached hydrogens (primary N) is 1. The number of nitrogens with zero attached hydrogens (tertiary/aromatic N) is 3. The topological polar surface area (TPSA) is 163 Å². The highest BCUT2D eigenvalue weighted by Gasteiger charge is 2.37. The number of halogens is 1. The summed E-state index contributed by atoms with van der Waals surface area (Å²) in [6.07, 6.45) is 5.63. The van der Waals surface area contributed by atoms with Crippen molar-refractivity contribution < 1.29 is 27.5 Å². The summed E-state index contributed by atoms with van der Waals surface area (Å²) in [6, 6.07) is -1.30. The Labute approximate surface area is 207 Å². The highest BCUT2D eigenvalue weighted by Crippen LogP contribution is 2.28. The quantitative estimate of drug-likeness (QED) is 0.0944. The zero-order valence-electron chi connectivity index (χ0n) is 19.8. The van der Waals surface area contributed by atoms with Gasteiger partial charge in [-0.05, 0) is 38.5 Å². The van der Waals surface area contributed by atoms with E-state index in [4.69, 9.17) is 10.6 Å². The Morgan fingerprint density at radius 2 is 2.00 bits per heavy atom. The van der Waals surface area contributed by atoms with Gasteiger partial charge in [0.05, 0.1) is 25.7 Å². The molecule has 0 unspecified atom stereocenters. The average Bonchev–Trinajstić information content (AvgIpc) is 3.57. The van der Waals surface area contributed by atoms with Crippen LogP contribution in [0.15, 0.2) is 5.10 Å². The summed E-state index contributed by atoms with van der Waals surface area (Å²) in [5.41, 5.74) is 0. The molecule has 2 rings (SSSR count). The Morgan fingerprint density at radius 3 is 2.59 bits per heavy atom. The van der Waals surface area contributed by atoms with Gasteiger partial charge in [-0.2, -0.15) is 5.10 Å². The van der Waals surface area contributed by atoms with E-state index in [1.807, 2.05) is 4.90 Å². The van der Waals surface area contributed by atoms with Crippen LogP contribution >= 0.6 is 12.4 Å². The molecule has 12 nitrogen and oxygen atoms in total. The minimum atomic E-state index is -3.74. The smallest absolute Gasteiger partial charge is 0.307 e. The molecule has 2 fully saturated rings. The van der Waals surface area contributed by atoms with Gasteiger partial charge in [0.2, 0.25) is 21.8 Å². The van der Waals surface area contributed by atoms with E-state index in [0.29, 0.717) is 13.1 Å². The number of likely N-dealkylation sites (tertiary alicyclic amines) is 1. The molecule has 0 spiro atoms. The van der Waals surface area contributed by atoms with Gasteiger partial charge < -0.3 is 25.7 Å². The monoisotopic (exact) mass is 524 g/mol. The van der Waals surface area contributed by atoms with Crippen molar-refractivity contribution in [2.75, 3.05) is 39.0 Å². The fraction of sp³-hybridized carbons (Fsp3) is 0.800. The van der Waals surface area contributed by atoms with Gasteiger partial charge >= 0.3 is 5.97 Å². The minimum Gasteiger partial charge on any atom is -0.466 e. The largest absolute Gasteiger partial charge is 0.466 e. The van der Waals surface area contributed by atoms with Gasteiger partial charge in [0.15, 0.2) is 0 Å². The Kier molecular flexibility index (Phi) is 12.6. The Bertz CT molecular complexity index is 822. The number of piperidine rings is 1. The van der Waals surface area contributed by atoms with Crippen LogP contribution < -0.4 is 15.9 Å². The molecule has 0 radical (unpaired) electrons. The van der Waals surface area contributed by atoms with E-state index in [9.17, 15) is 22.8 Å². The van der Waals surface area contributed by atoms with Crippen LogP contribution in [0, 0.1) is 5.92 Å². The number of carbonyl (C=O) groups is 3. The first-order chi connectivity index (χ1) is 15.6. The third-order valence-corrected chi connectivity index (χ3v) is 6.26. The van der Waals surface area contributed by atoms with Crippen molar-refractivity contribution in [2.45, 2.75) is 57.5 Å². The van der Waals surface area contributed by atoms with Crippen molar-refractivity contribution in [1.82, 2.24) is 19.8 Å². The second-order valence-electron chi connectivity index (χ2n) is 8.54. The second kappa shape index (κ2) is 14.3. The Morgan fingerprint density at radius 1 is 1.29 bits per heavy atom. The van der Waals surface area contributed by atoms with Crippen LogP contribution in [0.5, 0.6) is 0 Å². The molecule has 34 heavy (non-hydrogen) atoms. The third kappa shape index (κ3) is 10.9. The maximum absolute atomic E-state index is 13.2. The molecule has 4 N–H and O–H groups in total. The fourth-order valence-electron chi connectivity index (χ4n) is 3.92. The van der Waals surface area contributed by atoms with Gasteiger partial charge in [-0.15, -0.1) is 12.4 Å². The van der Waals surface area contributed by atoms with Crippen molar-refractivity contribution in [2.24, 2.45) is 16.9 Å². The summed E-state index contributed by atoms with van der Waals surface area (Å²) in [5, 5.41) is 6.35. The van der Waals surface area contributed by atoms with Crippen molar-refractivity contribution in [3.05, 3.63) is 0 Å². The number of carbonyl (C=O) groups excluding carboxylic acids is 3. The van der Waals surface area contributed by atoms with Crippen LogP contribution in [0.3, 0.4) is 0 Å². The number of nitrogens with one attached hydrogen (secondary N) is 2. The third-order valence-electron chi connectivity index (χ3n) is 5.55. The Balaban J connectivity index is 0.00000578. The lowest BCUT2D eigenvalue weighted by Crippen LogP contribution is -2.51. The zero-order valence-corrected chi connectivity index (χ0v) is 21.4. The lowest BCUT2D eigenvalue weighted by atomic mass is 9.98. The summed E-state index contributed by atoms with van der Waals surface area (Å²) >= 11 is 0. The summed E-state index contributed by atoms with van der Waals surface area (Å²) in [6.45, 7) is 4.02. The van der Waals surface area contributed by atoms with Gasteiger partial charge in [-0.25, -0.2) is 13.1 Å². The maximum atomic E-state index is 13.2. The molecule has 0 aromatic carbocycles. The highest BCUT2D eigenvalue weighted by atomic mass is 35.5. The molecule has 14 heteroatoms. The zero-order chi connectivity index (χ0) is 24.4. The van der Waals surface area contributed by atoms with Crippen LogP contribution in [0.4, 0.5) is 0 Å². The maximum Gasteiger partial charge on any atom is 0.307 e. The summed E-state index contributed by atoms with van der Waals surface area (Å²) in [4.78, 5) is 41.0. The first kappa shape index (κ1) is 29.9. The molecule has 196 valence electrons. The van der Waals surface area contributed by atoms with E-state index in [2.05, 4.69) is 15.1 Å². The van der Waals surface area contributed by atoms with E-state index in [1.54, 1.807) is 13.3 Å². The molecule has 1 aliphatic heterocycles. The molecular formula is C20H37ClN6O6S. The van der Waals surface area contributed by atoms with Crippen molar-refractivity contribution >= 4 is 46.6 Å². The fourth-order valence-corrected chi connectivity index (χ4v) is 4.62. The summed E-state index contributed by atoms with van der Waals surface area (Å²) in [5.74, 6) is 4.05. The van der Waals surface area contributed by atoms with E-state index in [-0.39, 0.29) is 50.4 Å². The van der Waals surface area contributed by atoms with Crippen LogP contribution in [0.2, 0.25) is 0 Å². The molecule has 0 bridgehead atoms. The Hall–Kier alpha value is -2.12. The number of hydrogen-bond donors (Lipinski definition) is 3. The SMILES string of the molecule is CCOC(=O)CCN(C(=O)[C@H](CC(=O)NC[C@@H]1CCCN(C=NN)C1)NS(C)(=O)=O)C1CC1.Cl. The number of hydrazone groups is 1. The molecule has 0 aromatic heterocycles. The van der Waals surface area contributed by atoms with Crippen molar-refractivity contribution in [1.29, 1.82) is 0 Å². The van der Waals surface area contributed by atoms with Gasteiger partial charge in [0.25, 0.3) is 0 Å². The number of amides is 2. The van der Waals surface area contributed by atoms with Gasteiger partial charge in [-0.3, -0.25) is 14.4 Å². The molecule has 1 saturated heterocycles. The highest BCUT2D eigenvalue weighted by molar-refractivity contribution is 7.88. The summed E-state index contributed by atoms with van der Waals surface area (Å²) < 4.78 is 31.0. The number of hydrogen-bond acceptors (Lipinski definition) is 8. The van der Waals surface area contributed by atoms with E-state index in [0.717, 1.165) is 38.5 Å². The minimum absolute atomic E-state index is 0. The average molecular weight is 525 g/mol. The second-order valence-corrected chi connectivity index (χ2v) is 10.3. The molecule has 1 saturated carbocycles. The lowest BCUT2D eigenvalue weighted by molar-refractivity contribution is -0.144. The van der Waals surface area contributed by atoms with Crippen molar-refractivity contribution in [3.63, 3.8) is 0 Å². The molecule has 2 amide bonds. The van der Waals surface area contributed by atoms with E-state index in [1.165, 1.54) is 4.90 Å². The molecular weight excluding hydrogens is 488 g/mol. The number of rotatable bonds is 13. The van der Waals surface area contributed by atoms with Gasteiger partial charge in [0, 0.05) is 32.2 Å². The van der Waals surface area contributed by atoms with E-state index >= 15 is 0 Å². The van der Waals surface area contributed by atoms with Crippen LogP contribution in [-0.4, -0.2) is 93.5 Å². The van der Waals surface area contributed by atoms with Crippen LogP contribution in [-0.2, 0) is 29.1 Å². The number of ether oxygens (including phenoxy) is 1. The standard InChI is InChI=1S/C20H36N6O6S.ClH/c1-3-32-19(28)8-10-26(16-6-7-16)20(29)17(24-33(2,30)31)11-18(27)22-12-15-5-4-9-25(13-15)14-23-21;/h14-17,24H,3-13,21H2,1-2H3,(H,22,27);1H/t15-,17-;/m0./s1. The number of esters is 1. The normalized spacial score (nSPS) is 19.2. The molecule has 0 aromatic rings. The molecule has 2 atom stereocenters. The predicted octanol–water partition coefficient (Wildman–Crippen LogP) is -0.609. The lowest BCUT2D eigenvalue weighted by Gasteiger charge is -2.31. The summed E-state index contributed by atoms with van der Waals surface area (Å²) in [7, 11) is -3.74. The van der Waals surface area contributed by atoms with Gasteiger partial charge in [0.1, 0.15) is 12.4 Å². The van der Waals surface area contributed by atoms with Crippen molar-refractivity contribution in [3.8, 4) is 0 Å². The molecule has 1 aliphatic carbocycles. The van der Waals surface area contributed by atoms with E-state index < -0.39 is 33.8 Å². The van der Waals surface area contributed by atoms with Crippen LogP contribution in [0.25, 0.3) is 0 Å². The first-order valence-corrected chi connectivity index (χ1v) is 13.2. The first-order valence-electron chi connectivity index (χ1n) is 11.3. The number of sulfonamides is 1. The van der Waals surface area contributed by atoms with Crippen LogP contribution in [0.1, 0.15) is 45.4 Å². The predicted molar refractivity (Wildman–Crippen MR) is 130 cm³/mol. The van der Waals surface area contributed by atoms with Gasteiger partial charge in [-0.1, -0.05) is 0 Å². The molecule has 1 heterocycles. The molecule has 2 aliphatic rings.